The molecule has 7 nitrogen and oxygen atoms in total. The highest BCUT2D eigenvalue weighted by molar-refractivity contribution is 7.84. The second-order valence-corrected chi connectivity index (χ2v) is 6.51. The Kier molecular flexibility index (Phi) is 6.68. The van der Waals surface area contributed by atoms with Gasteiger partial charge in [0.2, 0.25) is 5.91 Å². The molecule has 0 fully saturated rings. The lowest BCUT2D eigenvalue weighted by Crippen LogP contribution is -2.46. The Balaban J connectivity index is 4.24. The molecule has 2 atom stereocenters. The van der Waals surface area contributed by atoms with E-state index in [1.807, 2.05) is 5.32 Å². The molecule has 0 rings (SSSR count). The van der Waals surface area contributed by atoms with Gasteiger partial charge in [0.1, 0.15) is 0 Å². The van der Waals surface area contributed by atoms with Crippen molar-refractivity contribution in [3.63, 3.8) is 0 Å². The minimum absolute atomic E-state index is 0.280. The summed E-state index contributed by atoms with van der Waals surface area (Å²) < 4.78 is 10.9. The first kappa shape index (κ1) is 17.6. The number of aliphatic carboxylic acids is 1. The van der Waals surface area contributed by atoms with Crippen molar-refractivity contribution in [3.05, 3.63) is 0 Å². The molecule has 0 bridgehead atoms. The minimum atomic E-state index is -1.24. The van der Waals surface area contributed by atoms with Crippen LogP contribution in [0.3, 0.4) is 0 Å². The summed E-state index contributed by atoms with van der Waals surface area (Å²) in [6.07, 6.45) is 1.21. The Bertz CT molecular complexity index is 395. The van der Waals surface area contributed by atoms with Gasteiger partial charge in [-0.05, 0) is 20.8 Å². The Hall–Kier alpha value is -1.44. The average Bonchev–Trinajstić information content (AvgIpc) is 2.12. The molecule has 0 aliphatic heterocycles. The lowest BCUT2D eigenvalue weighted by Gasteiger charge is -2.18. The van der Waals surface area contributed by atoms with Crippen molar-refractivity contribution in [2.75, 3.05) is 12.0 Å². The van der Waals surface area contributed by atoms with E-state index in [9.17, 15) is 18.6 Å². The summed E-state index contributed by atoms with van der Waals surface area (Å²) in [5.74, 6) is -1.50. The molecule has 0 aliphatic carbocycles. The van der Waals surface area contributed by atoms with E-state index < -0.39 is 34.1 Å². The zero-order valence-corrected chi connectivity index (χ0v) is 12.3. The lowest BCUT2D eigenvalue weighted by atomic mass is 9.89. The Morgan fingerprint density at radius 1 is 1.32 bits per heavy atom. The zero-order valence-electron chi connectivity index (χ0n) is 11.5. The maximum Gasteiger partial charge on any atom is 0.321 e. The van der Waals surface area contributed by atoms with E-state index in [0.29, 0.717) is 0 Å². The molecular formula is C11H20N2O5S. The van der Waals surface area contributed by atoms with Gasteiger partial charge in [0.05, 0.1) is 5.41 Å². The van der Waals surface area contributed by atoms with Crippen molar-refractivity contribution >= 4 is 28.7 Å². The lowest BCUT2D eigenvalue weighted by molar-refractivity contribution is -0.149. The molecule has 0 saturated heterocycles. The summed E-state index contributed by atoms with van der Waals surface area (Å²) in [7, 11) is -1.05. The van der Waals surface area contributed by atoms with Crippen LogP contribution in [0.4, 0.5) is 4.79 Å². The number of hydrogen-bond acceptors (Lipinski definition) is 4. The van der Waals surface area contributed by atoms with Crippen molar-refractivity contribution in [1.82, 2.24) is 10.6 Å². The van der Waals surface area contributed by atoms with Gasteiger partial charge in [-0.3, -0.25) is 19.1 Å². The van der Waals surface area contributed by atoms with Crippen LogP contribution in [0.25, 0.3) is 0 Å². The van der Waals surface area contributed by atoms with Crippen LogP contribution in [0.1, 0.15) is 27.2 Å². The SMILES string of the molecule is CC(CS(C)=O)NC(=O)NC(=O)CC(C)(C)C(=O)O. The number of nitrogens with one attached hydrogen (secondary N) is 2. The molecule has 8 heteroatoms. The number of carbonyl (C=O) groups excluding carboxylic acids is 2. The van der Waals surface area contributed by atoms with Gasteiger partial charge in [-0.1, -0.05) is 0 Å². The first-order chi connectivity index (χ1) is 8.54. The van der Waals surface area contributed by atoms with Crippen LogP contribution in [0.2, 0.25) is 0 Å². The summed E-state index contributed by atoms with van der Waals surface area (Å²) >= 11 is 0. The molecule has 3 N–H and O–H groups in total. The number of imide groups is 1. The number of carboxylic acids is 1. The van der Waals surface area contributed by atoms with Crippen molar-refractivity contribution in [1.29, 1.82) is 0 Å². The molecule has 0 saturated carbocycles. The van der Waals surface area contributed by atoms with Crippen molar-refractivity contribution in [2.45, 2.75) is 33.2 Å². The molecule has 0 aromatic heterocycles. The van der Waals surface area contributed by atoms with Gasteiger partial charge >= 0.3 is 12.0 Å². The first-order valence-corrected chi connectivity index (χ1v) is 7.41. The zero-order chi connectivity index (χ0) is 15.2. The molecule has 0 aliphatic rings. The summed E-state index contributed by atoms with van der Waals surface area (Å²) in [5.41, 5.74) is -1.24. The summed E-state index contributed by atoms with van der Waals surface area (Å²) in [5, 5.41) is 13.3. The third-order valence-corrected chi connectivity index (χ3v) is 3.27. The topological polar surface area (TPSA) is 113 Å². The van der Waals surface area contributed by atoms with Gasteiger partial charge in [0.15, 0.2) is 0 Å². The maximum atomic E-state index is 11.5. The first-order valence-electron chi connectivity index (χ1n) is 5.68. The van der Waals surface area contributed by atoms with Crippen molar-refractivity contribution < 1.29 is 23.7 Å². The summed E-state index contributed by atoms with van der Waals surface area (Å²) in [6.45, 7) is 4.46. The standard InChI is InChI=1S/C11H20N2O5S/c1-7(6-19(4)18)12-10(17)13-8(14)5-11(2,3)9(15)16/h7H,5-6H2,1-4H3,(H,15,16)(H2,12,13,14,17). The van der Waals surface area contributed by atoms with Gasteiger partial charge < -0.3 is 10.4 Å². The average molecular weight is 292 g/mol. The monoisotopic (exact) mass is 292 g/mol. The van der Waals surface area contributed by atoms with E-state index in [4.69, 9.17) is 5.11 Å². The van der Waals surface area contributed by atoms with Crippen LogP contribution in [0.5, 0.6) is 0 Å². The highest BCUT2D eigenvalue weighted by Crippen LogP contribution is 2.19. The van der Waals surface area contributed by atoms with Crippen LogP contribution < -0.4 is 10.6 Å². The second-order valence-electron chi connectivity index (χ2n) is 5.03. The van der Waals surface area contributed by atoms with Crippen LogP contribution in [-0.2, 0) is 20.4 Å². The van der Waals surface area contributed by atoms with Gasteiger partial charge in [-0.25, -0.2) is 4.79 Å². The highest BCUT2D eigenvalue weighted by atomic mass is 32.2. The fourth-order valence-electron chi connectivity index (χ4n) is 1.30. The Labute approximate surface area is 114 Å². The summed E-state index contributed by atoms with van der Waals surface area (Å²) in [4.78, 5) is 33.7. The molecule has 0 heterocycles. The molecule has 0 aromatic rings. The number of carboxylic acid groups (broad SMARTS) is 1. The number of carbonyl (C=O) groups is 3. The third-order valence-electron chi connectivity index (χ3n) is 2.30. The fourth-order valence-corrected chi connectivity index (χ4v) is 2.09. The van der Waals surface area contributed by atoms with Gasteiger partial charge in [-0.15, -0.1) is 0 Å². The molecule has 0 spiro atoms. The molecule has 0 aromatic carbocycles. The van der Waals surface area contributed by atoms with E-state index in [1.165, 1.54) is 20.1 Å². The Morgan fingerprint density at radius 3 is 2.26 bits per heavy atom. The van der Waals surface area contributed by atoms with Crippen LogP contribution in [-0.4, -0.2) is 45.3 Å². The maximum absolute atomic E-state index is 11.5. The highest BCUT2D eigenvalue weighted by Gasteiger charge is 2.30. The second kappa shape index (κ2) is 7.22. The fraction of sp³-hybridized carbons (Fsp3) is 0.727. The largest absolute Gasteiger partial charge is 0.481 e. The smallest absolute Gasteiger partial charge is 0.321 e. The quantitative estimate of drug-likeness (QED) is 0.641. The third kappa shape index (κ3) is 7.55. The number of amides is 3. The number of rotatable bonds is 6. The van der Waals surface area contributed by atoms with Gasteiger partial charge in [0, 0.05) is 35.3 Å². The molecular weight excluding hydrogens is 272 g/mol. The van der Waals surface area contributed by atoms with Crippen molar-refractivity contribution in [3.8, 4) is 0 Å². The molecule has 19 heavy (non-hydrogen) atoms. The van der Waals surface area contributed by atoms with Crippen LogP contribution in [0, 0.1) is 5.41 Å². The van der Waals surface area contributed by atoms with E-state index in [0.717, 1.165) is 0 Å². The normalized spacial score (nSPS) is 14.3. The molecule has 3 amide bonds. The van der Waals surface area contributed by atoms with Gasteiger partial charge in [-0.2, -0.15) is 0 Å². The van der Waals surface area contributed by atoms with Gasteiger partial charge in [0.25, 0.3) is 0 Å². The number of urea groups is 1. The predicted molar refractivity (Wildman–Crippen MR) is 71.1 cm³/mol. The van der Waals surface area contributed by atoms with Crippen LogP contribution in [0.15, 0.2) is 0 Å². The van der Waals surface area contributed by atoms with E-state index in [2.05, 4.69) is 5.32 Å². The summed E-state index contributed by atoms with van der Waals surface area (Å²) in [6, 6.07) is -1.06. The van der Waals surface area contributed by atoms with E-state index in [-0.39, 0.29) is 18.2 Å². The minimum Gasteiger partial charge on any atom is -0.481 e. The Morgan fingerprint density at radius 2 is 1.84 bits per heavy atom. The van der Waals surface area contributed by atoms with E-state index in [1.54, 1.807) is 6.92 Å². The molecule has 0 radical (unpaired) electrons. The van der Waals surface area contributed by atoms with E-state index >= 15 is 0 Å². The molecule has 2 unspecified atom stereocenters. The number of hydrogen-bond donors (Lipinski definition) is 3. The predicted octanol–water partition coefficient (Wildman–Crippen LogP) is 0.0801. The van der Waals surface area contributed by atoms with Crippen LogP contribution >= 0.6 is 0 Å². The van der Waals surface area contributed by atoms with Crippen molar-refractivity contribution in [2.24, 2.45) is 5.41 Å². The molecule has 110 valence electrons.